The van der Waals surface area contributed by atoms with Gasteiger partial charge in [-0.1, -0.05) is 43.3 Å². The second-order valence-electron chi connectivity index (χ2n) is 6.70. The van der Waals surface area contributed by atoms with E-state index in [2.05, 4.69) is 5.32 Å². The zero-order chi connectivity index (χ0) is 21.0. The third kappa shape index (κ3) is 4.51. The van der Waals surface area contributed by atoms with Crippen molar-refractivity contribution in [3.8, 4) is 5.75 Å². The summed E-state index contributed by atoms with van der Waals surface area (Å²) in [6.45, 7) is 1.79. The van der Waals surface area contributed by atoms with Gasteiger partial charge in [0.1, 0.15) is 11.8 Å². The lowest BCUT2D eigenvalue weighted by molar-refractivity contribution is -0.117. The van der Waals surface area contributed by atoms with E-state index in [-0.39, 0.29) is 5.91 Å². The van der Waals surface area contributed by atoms with E-state index in [1.807, 2.05) is 42.5 Å². The molecule has 0 saturated heterocycles. The summed E-state index contributed by atoms with van der Waals surface area (Å²) in [6.07, 6.45) is 1.42. The van der Waals surface area contributed by atoms with Crippen LogP contribution in [0.15, 0.2) is 66.7 Å². The molecule has 1 N–H and O–H groups in total. The molecule has 0 aliphatic rings. The van der Waals surface area contributed by atoms with Crippen LogP contribution in [0.4, 0.5) is 11.4 Å². The summed E-state index contributed by atoms with van der Waals surface area (Å²) in [6, 6.07) is 19.1. The third-order valence-corrected chi connectivity index (χ3v) is 5.88. The van der Waals surface area contributed by atoms with Gasteiger partial charge in [0.2, 0.25) is 15.9 Å². The number of ether oxygens (including phenoxy) is 1. The number of rotatable bonds is 7. The maximum Gasteiger partial charge on any atom is 0.248 e. The molecule has 0 fully saturated rings. The molecule has 3 aromatic rings. The molecule has 3 aromatic carbocycles. The summed E-state index contributed by atoms with van der Waals surface area (Å²) in [7, 11) is -2.16. The van der Waals surface area contributed by atoms with Gasteiger partial charge in [0, 0.05) is 11.1 Å². The minimum atomic E-state index is -3.70. The first-order chi connectivity index (χ1) is 13.8. The molecule has 1 atom stereocenters. The first kappa shape index (κ1) is 20.7. The first-order valence-electron chi connectivity index (χ1n) is 9.27. The summed E-state index contributed by atoms with van der Waals surface area (Å²) in [5.41, 5.74) is 1.06. The van der Waals surface area contributed by atoms with E-state index in [1.54, 1.807) is 31.2 Å². The number of amides is 1. The Balaban J connectivity index is 1.96. The molecule has 0 unspecified atom stereocenters. The molecular formula is C22H24N2O4S. The summed E-state index contributed by atoms with van der Waals surface area (Å²) in [5.74, 6) is 0.223. The van der Waals surface area contributed by atoms with Gasteiger partial charge in [-0.05, 0) is 42.1 Å². The Morgan fingerprint density at radius 2 is 1.69 bits per heavy atom. The molecule has 0 radical (unpaired) electrons. The Hall–Kier alpha value is -3.06. The van der Waals surface area contributed by atoms with Crippen LogP contribution in [0.3, 0.4) is 0 Å². The minimum Gasteiger partial charge on any atom is -0.497 e. The highest BCUT2D eigenvalue weighted by molar-refractivity contribution is 7.92. The summed E-state index contributed by atoms with van der Waals surface area (Å²) >= 11 is 0. The van der Waals surface area contributed by atoms with E-state index in [1.165, 1.54) is 7.11 Å². The van der Waals surface area contributed by atoms with Crippen molar-refractivity contribution in [3.63, 3.8) is 0 Å². The standard InChI is InChI=1S/C22H24N2O4S/c1-4-21(24(29(3,26)27)17-12-14-18(28-2)15-13-17)22(25)23-20-11-7-9-16-8-5-6-10-19(16)20/h5-15,21H,4H2,1-3H3,(H,23,25)/t21-/m1/s1. The maximum atomic E-state index is 13.1. The SMILES string of the molecule is CC[C@H](C(=O)Nc1cccc2ccccc12)N(c1ccc(OC)cc1)S(C)(=O)=O. The number of carbonyl (C=O) groups is 1. The highest BCUT2D eigenvalue weighted by Gasteiger charge is 2.31. The highest BCUT2D eigenvalue weighted by Crippen LogP contribution is 2.27. The van der Waals surface area contributed by atoms with Crippen molar-refractivity contribution in [1.29, 1.82) is 0 Å². The quantitative estimate of drug-likeness (QED) is 0.636. The maximum absolute atomic E-state index is 13.1. The van der Waals surface area contributed by atoms with E-state index >= 15 is 0 Å². The number of nitrogens with zero attached hydrogens (tertiary/aromatic N) is 1. The van der Waals surface area contributed by atoms with Crippen molar-refractivity contribution >= 4 is 38.1 Å². The molecule has 0 spiro atoms. The van der Waals surface area contributed by atoms with Gasteiger partial charge in [-0.25, -0.2) is 8.42 Å². The van der Waals surface area contributed by atoms with Crippen LogP contribution >= 0.6 is 0 Å². The number of hydrogen-bond donors (Lipinski definition) is 1. The van der Waals surface area contributed by atoms with Crippen LogP contribution in [-0.4, -0.2) is 33.7 Å². The Bertz CT molecular complexity index is 1110. The second-order valence-corrected chi connectivity index (χ2v) is 8.56. The predicted octanol–water partition coefficient (Wildman–Crippen LogP) is 4.03. The van der Waals surface area contributed by atoms with Crippen molar-refractivity contribution in [3.05, 3.63) is 66.7 Å². The Morgan fingerprint density at radius 3 is 2.31 bits per heavy atom. The van der Waals surface area contributed by atoms with Crippen LogP contribution < -0.4 is 14.4 Å². The van der Waals surface area contributed by atoms with E-state index in [0.29, 0.717) is 23.5 Å². The number of fused-ring (bicyclic) bond motifs is 1. The van der Waals surface area contributed by atoms with E-state index in [9.17, 15) is 13.2 Å². The average molecular weight is 413 g/mol. The lowest BCUT2D eigenvalue weighted by Gasteiger charge is -2.30. The van der Waals surface area contributed by atoms with Gasteiger partial charge < -0.3 is 10.1 Å². The highest BCUT2D eigenvalue weighted by atomic mass is 32.2. The molecule has 0 heterocycles. The number of methoxy groups -OCH3 is 1. The van der Waals surface area contributed by atoms with Gasteiger partial charge in [-0.15, -0.1) is 0 Å². The first-order valence-corrected chi connectivity index (χ1v) is 11.1. The number of sulfonamides is 1. The van der Waals surface area contributed by atoms with Crippen molar-refractivity contribution < 1.29 is 17.9 Å². The predicted molar refractivity (Wildman–Crippen MR) is 117 cm³/mol. The molecule has 7 heteroatoms. The molecule has 0 saturated carbocycles. The van der Waals surface area contributed by atoms with Gasteiger partial charge in [-0.2, -0.15) is 0 Å². The third-order valence-electron chi connectivity index (χ3n) is 4.70. The minimum absolute atomic E-state index is 0.315. The molecular weight excluding hydrogens is 388 g/mol. The Morgan fingerprint density at radius 1 is 1.03 bits per heavy atom. The summed E-state index contributed by atoms with van der Waals surface area (Å²) in [4.78, 5) is 13.1. The number of benzene rings is 3. The van der Waals surface area contributed by atoms with E-state index in [4.69, 9.17) is 4.74 Å². The van der Waals surface area contributed by atoms with Gasteiger partial charge in [0.15, 0.2) is 0 Å². The lowest BCUT2D eigenvalue weighted by Crippen LogP contribution is -2.47. The van der Waals surface area contributed by atoms with Crippen molar-refractivity contribution in [1.82, 2.24) is 0 Å². The molecule has 3 rings (SSSR count). The van der Waals surface area contributed by atoms with E-state index in [0.717, 1.165) is 21.3 Å². The zero-order valence-corrected chi connectivity index (χ0v) is 17.4. The topological polar surface area (TPSA) is 75.7 Å². The molecule has 0 aliphatic carbocycles. The van der Waals surface area contributed by atoms with Crippen LogP contribution in [0, 0.1) is 0 Å². The van der Waals surface area contributed by atoms with Crippen molar-refractivity contribution in [2.45, 2.75) is 19.4 Å². The molecule has 152 valence electrons. The molecule has 29 heavy (non-hydrogen) atoms. The van der Waals surface area contributed by atoms with Gasteiger partial charge in [0.25, 0.3) is 0 Å². The normalized spacial score (nSPS) is 12.4. The largest absolute Gasteiger partial charge is 0.497 e. The zero-order valence-electron chi connectivity index (χ0n) is 16.6. The fourth-order valence-electron chi connectivity index (χ4n) is 3.34. The van der Waals surface area contributed by atoms with Crippen molar-refractivity contribution in [2.75, 3.05) is 23.0 Å². The Labute approximate surface area is 171 Å². The van der Waals surface area contributed by atoms with Crippen LogP contribution in [-0.2, 0) is 14.8 Å². The van der Waals surface area contributed by atoms with Crippen LogP contribution in [0.2, 0.25) is 0 Å². The van der Waals surface area contributed by atoms with Gasteiger partial charge >= 0.3 is 0 Å². The van der Waals surface area contributed by atoms with Gasteiger partial charge in [-0.3, -0.25) is 9.10 Å². The van der Waals surface area contributed by atoms with Crippen LogP contribution in [0.5, 0.6) is 5.75 Å². The molecule has 0 aliphatic heterocycles. The second kappa shape index (κ2) is 8.53. The fraction of sp³-hybridized carbons (Fsp3) is 0.227. The van der Waals surface area contributed by atoms with Crippen LogP contribution in [0.1, 0.15) is 13.3 Å². The summed E-state index contributed by atoms with van der Waals surface area (Å²) in [5, 5.41) is 4.80. The molecule has 6 nitrogen and oxygen atoms in total. The molecule has 0 bridgehead atoms. The average Bonchev–Trinajstić information content (AvgIpc) is 2.71. The number of carbonyl (C=O) groups excluding carboxylic acids is 1. The van der Waals surface area contributed by atoms with Crippen molar-refractivity contribution in [2.24, 2.45) is 0 Å². The number of anilines is 2. The fourth-order valence-corrected chi connectivity index (χ4v) is 4.55. The van der Waals surface area contributed by atoms with E-state index < -0.39 is 16.1 Å². The smallest absolute Gasteiger partial charge is 0.248 e. The summed E-state index contributed by atoms with van der Waals surface area (Å²) < 4.78 is 31.4. The lowest BCUT2D eigenvalue weighted by atomic mass is 10.1. The molecule has 1 amide bonds. The molecule has 0 aromatic heterocycles. The van der Waals surface area contributed by atoms with Crippen LogP contribution in [0.25, 0.3) is 10.8 Å². The monoisotopic (exact) mass is 412 g/mol. The van der Waals surface area contributed by atoms with Gasteiger partial charge in [0.05, 0.1) is 19.1 Å². The number of nitrogens with one attached hydrogen (secondary N) is 1. The number of hydrogen-bond acceptors (Lipinski definition) is 4. The Kier molecular flexibility index (Phi) is 6.08.